The van der Waals surface area contributed by atoms with Crippen molar-refractivity contribution in [2.75, 3.05) is 13.7 Å². The molecule has 0 aliphatic rings. The molecule has 3 aromatic rings. The van der Waals surface area contributed by atoms with Gasteiger partial charge in [0.15, 0.2) is 11.0 Å². The van der Waals surface area contributed by atoms with Crippen LogP contribution < -0.4 is 14.0 Å². The number of fused-ring (bicyclic) bond motifs is 1. The number of nitrogens with zero attached hydrogens (tertiary/aromatic N) is 2. The Morgan fingerprint density at radius 1 is 1.08 bits per heavy atom. The number of rotatable bonds is 6. The molecule has 1 aromatic heterocycles. The zero-order chi connectivity index (χ0) is 17.1. The second-order valence-corrected chi connectivity index (χ2v) is 5.85. The van der Waals surface area contributed by atoms with Crippen LogP contribution in [0.1, 0.15) is 5.82 Å². The first-order valence-electron chi connectivity index (χ1n) is 7.99. The summed E-state index contributed by atoms with van der Waals surface area (Å²) in [5.41, 5.74) is 2.26. The highest BCUT2D eigenvalue weighted by atomic mass is 16.5. The average Bonchev–Trinajstić information content (AvgIpc) is 2.86. The summed E-state index contributed by atoms with van der Waals surface area (Å²) < 4.78 is 15.0. The van der Waals surface area contributed by atoms with Gasteiger partial charge in [-0.15, -0.1) is 0 Å². The van der Waals surface area contributed by atoms with Crippen molar-refractivity contribution in [2.45, 2.75) is 19.6 Å². The Labute approximate surface area is 141 Å². The molecule has 0 saturated carbocycles. The Morgan fingerprint density at radius 2 is 1.75 bits per heavy atom. The number of ether oxygens (including phenoxy) is 2. The summed E-state index contributed by atoms with van der Waals surface area (Å²) in [6.45, 7) is 2.78. The Hall–Kier alpha value is -2.53. The normalized spacial score (nSPS) is 12.3. The molecule has 2 aromatic carbocycles. The minimum Gasteiger partial charge on any atom is -0.497 e. The first-order valence-corrected chi connectivity index (χ1v) is 7.99. The van der Waals surface area contributed by atoms with Gasteiger partial charge in [-0.05, 0) is 36.4 Å². The molecule has 0 spiro atoms. The van der Waals surface area contributed by atoms with Crippen molar-refractivity contribution in [3.05, 3.63) is 54.4 Å². The van der Waals surface area contributed by atoms with Gasteiger partial charge in [-0.2, -0.15) is 0 Å². The molecule has 0 saturated heterocycles. The predicted octanol–water partition coefficient (Wildman–Crippen LogP) is 2.22. The highest BCUT2D eigenvalue weighted by molar-refractivity contribution is 5.72. The topological polar surface area (TPSA) is 47.5 Å². The van der Waals surface area contributed by atoms with Crippen molar-refractivity contribution in [3.8, 4) is 11.5 Å². The lowest BCUT2D eigenvalue weighted by Crippen LogP contribution is -2.32. The second-order valence-electron chi connectivity index (χ2n) is 5.85. The highest BCUT2D eigenvalue weighted by Crippen LogP contribution is 2.18. The van der Waals surface area contributed by atoms with Gasteiger partial charge in [-0.25, -0.2) is 9.13 Å². The average molecular weight is 327 g/mol. The number of methoxy groups -OCH3 is 1. The van der Waals surface area contributed by atoms with Crippen molar-refractivity contribution in [3.63, 3.8) is 0 Å². The van der Waals surface area contributed by atoms with Crippen LogP contribution in [0, 0.1) is 6.92 Å². The summed E-state index contributed by atoms with van der Waals surface area (Å²) in [6, 6.07) is 15.5. The molecule has 3 rings (SSSR count). The second kappa shape index (κ2) is 6.93. The molecular formula is C19H23N2O3+. The fourth-order valence-electron chi connectivity index (χ4n) is 2.86. The lowest BCUT2D eigenvalue weighted by Gasteiger charge is -2.12. The molecule has 24 heavy (non-hydrogen) atoms. The van der Waals surface area contributed by atoms with Crippen LogP contribution in [0.15, 0.2) is 48.5 Å². The smallest absolute Gasteiger partial charge is 0.254 e. The van der Waals surface area contributed by atoms with E-state index in [-0.39, 0.29) is 6.61 Å². The Morgan fingerprint density at radius 3 is 2.46 bits per heavy atom. The molecule has 0 amide bonds. The van der Waals surface area contributed by atoms with Crippen molar-refractivity contribution in [1.29, 1.82) is 0 Å². The SMILES string of the molecule is COc1ccc(OC[C@@H](O)Cn2c(C)[n+](C)c3ccccc32)cc1. The van der Waals surface area contributed by atoms with Crippen LogP contribution in [0.5, 0.6) is 11.5 Å². The third-order valence-electron chi connectivity index (χ3n) is 4.31. The fourth-order valence-corrected chi connectivity index (χ4v) is 2.86. The molecule has 0 aliphatic heterocycles. The molecule has 126 valence electrons. The van der Waals surface area contributed by atoms with Gasteiger partial charge >= 0.3 is 0 Å². The van der Waals surface area contributed by atoms with Crippen molar-refractivity contribution >= 4 is 11.0 Å². The standard InChI is InChI=1S/C19H23N2O3/c1-14-20(2)18-6-4-5-7-19(18)21(14)12-15(22)13-24-17-10-8-16(23-3)9-11-17/h4-11,15,22H,12-13H2,1-3H3/q+1/t15-/m0/s1. The number of para-hydroxylation sites is 2. The van der Waals surface area contributed by atoms with E-state index in [4.69, 9.17) is 9.47 Å². The minimum atomic E-state index is -0.596. The molecule has 0 radical (unpaired) electrons. The monoisotopic (exact) mass is 327 g/mol. The van der Waals surface area contributed by atoms with E-state index >= 15 is 0 Å². The molecule has 5 nitrogen and oxygen atoms in total. The van der Waals surface area contributed by atoms with Crippen molar-refractivity contribution in [2.24, 2.45) is 7.05 Å². The van der Waals surface area contributed by atoms with E-state index in [1.807, 2.05) is 43.4 Å². The van der Waals surface area contributed by atoms with E-state index in [0.717, 1.165) is 28.4 Å². The minimum absolute atomic E-state index is 0.238. The van der Waals surface area contributed by atoms with E-state index < -0.39 is 6.10 Å². The van der Waals surface area contributed by atoms with Gasteiger partial charge in [0.1, 0.15) is 30.8 Å². The Balaban J connectivity index is 1.68. The van der Waals surface area contributed by atoms with Gasteiger partial charge in [0, 0.05) is 6.92 Å². The van der Waals surface area contributed by atoms with E-state index in [1.165, 1.54) is 0 Å². The molecule has 1 heterocycles. The number of hydrogen-bond acceptors (Lipinski definition) is 3. The van der Waals surface area contributed by atoms with E-state index in [9.17, 15) is 5.11 Å². The maximum atomic E-state index is 10.4. The van der Waals surface area contributed by atoms with Crippen LogP contribution in [0.25, 0.3) is 11.0 Å². The maximum absolute atomic E-state index is 10.4. The van der Waals surface area contributed by atoms with Gasteiger partial charge in [-0.3, -0.25) is 0 Å². The first kappa shape index (κ1) is 16.3. The van der Waals surface area contributed by atoms with Crippen LogP contribution in [0.3, 0.4) is 0 Å². The highest BCUT2D eigenvalue weighted by Gasteiger charge is 2.21. The van der Waals surface area contributed by atoms with Gasteiger partial charge < -0.3 is 14.6 Å². The van der Waals surface area contributed by atoms with E-state index in [0.29, 0.717) is 6.54 Å². The van der Waals surface area contributed by atoms with Gasteiger partial charge in [-0.1, -0.05) is 12.1 Å². The van der Waals surface area contributed by atoms with Crippen LogP contribution in [0.4, 0.5) is 0 Å². The number of benzene rings is 2. The fraction of sp³-hybridized carbons (Fsp3) is 0.316. The molecule has 0 bridgehead atoms. The molecule has 1 N–H and O–H groups in total. The summed E-state index contributed by atoms with van der Waals surface area (Å²) in [5.74, 6) is 2.60. The summed E-state index contributed by atoms with van der Waals surface area (Å²) in [4.78, 5) is 0. The quantitative estimate of drug-likeness (QED) is 0.706. The Kier molecular flexibility index (Phi) is 4.71. The number of aromatic nitrogens is 2. The third kappa shape index (κ3) is 3.21. The zero-order valence-corrected chi connectivity index (χ0v) is 14.3. The zero-order valence-electron chi connectivity index (χ0n) is 14.3. The molecule has 1 atom stereocenters. The molecule has 5 heteroatoms. The summed E-state index contributed by atoms with van der Waals surface area (Å²) in [5, 5.41) is 10.4. The summed E-state index contributed by atoms with van der Waals surface area (Å²) in [7, 11) is 3.66. The molecule has 0 fully saturated rings. The summed E-state index contributed by atoms with van der Waals surface area (Å²) in [6.07, 6.45) is -0.596. The Bertz CT molecular complexity index is 824. The van der Waals surface area contributed by atoms with Crippen molar-refractivity contribution < 1.29 is 19.1 Å². The van der Waals surface area contributed by atoms with Crippen LogP contribution in [0.2, 0.25) is 0 Å². The molecule has 0 unspecified atom stereocenters. The predicted molar refractivity (Wildman–Crippen MR) is 92.3 cm³/mol. The van der Waals surface area contributed by atoms with Crippen LogP contribution in [-0.4, -0.2) is 29.5 Å². The van der Waals surface area contributed by atoms with Gasteiger partial charge in [0.2, 0.25) is 0 Å². The summed E-state index contributed by atoms with van der Waals surface area (Å²) >= 11 is 0. The van der Waals surface area contributed by atoms with Gasteiger partial charge in [0.25, 0.3) is 5.82 Å². The number of aliphatic hydroxyl groups excluding tert-OH is 1. The van der Waals surface area contributed by atoms with Crippen LogP contribution >= 0.6 is 0 Å². The number of hydrogen-bond donors (Lipinski definition) is 1. The molecular weight excluding hydrogens is 304 g/mol. The first-order chi connectivity index (χ1) is 11.6. The third-order valence-corrected chi connectivity index (χ3v) is 4.31. The van der Waals surface area contributed by atoms with Crippen LogP contribution in [-0.2, 0) is 13.6 Å². The lowest BCUT2D eigenvalue weighted by molar-refractivity contribution is -0.652. The number of imidazole rings is 1. The lowest BCUT2D eigenvalue weighted by atomic mass is 10.3. The molecule has 0 aliphatic carbocycles. The van der Waals surface area contributed by atoms with Gasteiger partial charge in [0.05, 0.1) is 14.2 Å². The number of aliphatic hydroxyl groups is 1. The largest absolute Gasteiger partial charge is 0.497 e. The van der Waals surface area contributed by atoms with Crippen molar-refractivity contribution in [1.82, 2.24) is 4.57 Å². The van der Waals surface area contributed by atoms with E-state index in [2.05, 4.69) is 28.2 Å². The maximum Gasteiger partial charge on any atom is 0.254 e. The van der Waals surface area contributed by atoms with E-state index in [1.54, 1.807) is 7.11 Å². The number of aryl methyl sites for hydroxylation is 1.